The molecule has 0 nitrogen and oxygen atoms in total. The van der Waals surface area contributed by atoms with E-state index in [1.54, 1.807) is 0 Å². The van der Waals surface area contributed by atoms with Gasteiger partial charge >= 0.3 is 0 Å². The van der Waals surface area contributed by atoms with Gasteiger partial charge in [0.05, 0.1) is 0 Å². The van der Waals surface area contributed by atoms with Crippen molar-refractivity contribution in [1.29, 1.82) is 0 Å². The Morgan fingerprint density at radius 2 is 1.33 bits per heavy atom. The molecule has 0 saturated heterocycles. The Hall–Kier alpha value is 0.730. The fourth-order valence-corrected chi connectivity index (χ4v) is 0. The van der Waals surface area contributed by atoms with Crippen LogP contribution in [0.2, 0.25) is 0 Å². The quantitative estimate of drug-likeness (QED) is 0.448. The summed E-state index contributed by atoms with van der Waals surface area (Å²) in [6, 6.07) is 0. The van der Waals surface area contributed by atoms with Crippen LogP contribution in [0, 0.1) is 5.92 Å². The second kappa shape index (κ2) is 2.83. The first-order valence-electron chi connectivity index (χ1n) is 2.28. The molecule has 0 aromatic carbocycles. The third kappa shape index (κ3) is 2.94. The van der Waals surface area contributed by atoms with Gasteiger partial charge in [0.25, 0.3) is 0 Å². The van der Waals surface area contributed by atoms with E-state index in [0.29, 0.717) is 0 Å². The summed E-state index contributed by atoms with van der Waals surface area (Å²) in [5.41, 5.74) is 0. The summed E-state index contributed by atoms with van der Waals surface area (Å²) >= 11 is 2.43. The first-order chi connectivity index (χ1) is 2.64. The first kappa shape index (κ1) is 6.73. The summed E-state index contributed by atoms with van der Waals surface area (Å²) in [6.45, 7) is 6.69. The van der Waals surface area contributed by atoms with Crippen LogP contribution < -0.4 is 0 Å². The molecule has 38 valence electrons. The highest BCUT2D eigenvalue weighted by molar-refractivity contribution is 14.1. The number of hydrogen-bond donors (Lipinski definition) is 0. The van der Waals surface area contributed by atoms with E-state index in [1.807, 2.05) is 0 Å². The van der Waals surface area contributed by atoms with Crippen LogP contribution in [0.15, 0.2) is 0 Å². The van der Waals surface area contributed by atoms with Gasteiger partial charge in [-0.1, -0.05) is 43.4 Å². The average molecular weight is 198 g/mol. The maximum absolute atomic E-state index is 2.43. The van der Waals surface area contributed by atoms with Crippen LogP contribution in [0.3, 0.4) is 0 Å². The minimum Gasteiger partial charge on any atom is -0.0826 e. The van der Waals surface area contributed by atoms with E-state index >= 15 is 0 Å². The van der Waals surface area contributed by atoms with Crippen LogP contribution >= 0.6 is 22.6 Å². The summed E-state index contributed by atoms with van der Waals surface area (Å²) < 4.78 is 0.822. The molecule has 0 fully saturated rings. The van der Waals surface area contributed by atoms with Crippen molar-refractivity contribution in [2.75, 3.05) is 0 Å². The Morgan fingerprint density at radius 3 is 1.33 bits per heavy atom. The zero-order valence-corrected chi connectivity index (χ0v) is 6.69. The highest BCUT2D eigenvalue weighted by Crippen LogP contribution is 2.09. The number of alkyl halides is 1. The van der Waals surface area contributed by atoms with Gasteiger partial charge in [-0.15, -0.1) is 0 Å². The largest absolute Gasteiger partial charge is 0.0826 e. The van der Waals surface area contributed by atoms with E-state index in [4.69, 9.17) is 0 Å². The maximum atomic E-state index is 2.43. The minimum atomic E-state index is 0.822. The normalized spacial score (nSPS) is 15.5. The van der Waals surface area contributed by atoms with E-state index in [-0.39, 0.29) is 0 Å². The monoisotopic (exact) mass is 198 g/mol. The van der Waals surface area contributed by atoms with Crippen LogP contribution in [-0.2, 0) is 0 Å². The van der Waals surface area contributed by atoms with Crippen LogP contribution in [0.1, 0.15) is 20.8 Å². The van der Waals surface area contributed by atoms with Gasteiger partial charge in [0.2, 0.25) is 0 Å². The van der Waals surface area contributed by atoms with Crippen molar-refractivity contribution >= 4 is 22.6 Å². The molecular weight excluding hydrogens is 187 g/mol. The third-order valence-corrected chi connectivity index (χ3v) is 2.36. The molecule has 0 unspecified atom stereocenters. The summed E-state index contributed by atoms with van der Waals surface area (Å²) in [6.07, 6.45) is 0. The predicted octanol–water partition coefficient (Wildman–Crippen LogP) is 2.47. The molecule has 0 aromatic rings. The fourth-order valence-electron chi connectivity index (χ4n) is 0. The topological polar surface area (TPSA) is 0 Å². The molecule has 0 bridgehead atoms. The molecule has 0 spiro atoms. The van der Waals surface area contributed by atoms with Gasteiger partial charge in [0, 0.05) is 3.92 Å². The lowest BCUT2D eigenvalue weighted by atomic mass is 10.2. The van der Waals surface area contributed by atoms with Gasteiger partial charge in [-0.3, -0.25) is 0 Å². The molecule has 6 heavy (non-hydrogen) atoms. The Bertz CT molecular complexity index is 24.9. The van der Waals surface area contributed by atoms with Crippen molar-refractivity contribution in [3.05, 3.63) is 0 Å². The number of rotatable bonds is 1. The van der Waals surface area contributed by atoms with Gasteiger partial charge in [-0.05, 0) is 5.92 Å². The molecule has 0 N–H and O–H groups in total. The Kier molecular flexibility index (Phi) is 3.17. The highest BCUT2D eigenvalue weighted by atomic mass is 127. The van der Waals surface area contributed by atoms with Crippen molar-refractivity contribution in [1.82, 2.24) is 0 Å². The summed E-state index contributed by atoms with van der Waals surface area (Å²) in [4.78, 5) is 0. The molecule has 1 heteroatoms. The second-order valence-corrected chi connectivity index (χ2v) is 3.89. The molecule has 0 aliphatic carbocycles. The summed E-state index contributed by atoms with van der Waals surface area (Å²) in [5.74, 6) is 0.839. The SMILES string of the molecule is CC(C)[C@H](C)I. The van der Waals surface area contributed by atoms with Crippen LogP contribution in [-0.4, -0.2) is 3.92 Å². The Labute approximate surface area is 53.5 Å². The molecule has 1 atom stereocenters. The Morgan fingerprint density at radius 1 is 1.17 bits per heavy atom. The number of halogens is 1. The molecule has 0 amide bonds. The number of hydrogen-bond acceptors (Lipinski definition) is 0. The molecule has 0 aliphatic heterocycles. The second-order valence-electron chi connectivity index (χ2n) is 1.92. The van der Waals surface area contributed by atoms with E-state index in [1.165, 1.54) is 0 Å². The molecule has 0 saturated carbocycles. The minimum absolute atomic E-state index is 0.822. The third-order valence-electron chi connectivity index (χ3n) is 0.919. The van der Waals surface area contributed by atoms with E-state index in [0.717, 1.165) is 9.84 Å². The van der Waals surface area contributed by atoms with Gasteiger partial charge in [-0.25, -0.2) is 0 Å². The smallest absolute Gasteiger partial charge is 0.0104 e. The lowest BCUT2D eigenvalue weighted by Gasteiger charge is -2.03. The van der Waals surface area contributed by atoms with Crippen molar-refractivity contribution in [2.24, 2.45) is 5.92 Å². The lowest BCUT2D eigenvalue weighted by Crippen LogP contribution is -1.98. The van der Waals surface area contributed by atoms with Crippen molar-refractivity contribution in [2.45, 2.75) is 24.7 Å². The Balaban J connectivity index is 2.99. The maximum Gasteiger partial charge on any atom is 0.0104 e. The predicted molar refractivity (Wildman–Crippen MR) is 38.3 cm³/mol. The first-order valence-corrected chi connectivity index (χ1v) is 3.53. The van der Waals surface area contributed by atoms with E-state index in [2.05, 4.69) is 43.4 Å². The summed E-state index contributed by atoms with van der Waals surface area (Å²) in [5, 5.41) is 0. The lowest BCUT2D eigenvalue weighted by molar-refractivity contribution is 0.661. The van der Waals surface area contributed by atoms with Gasteiger partial charge in [-0.2, -0.15) is 0 Å². The highest BCUT2D eigenvalue weighted by Gasteiger charge is 1.97. The van der Waals surface area contributed by atoms with Gasteiger partial charge < -0.3 is 0 Å². The zero-order chi connectivity index (χ0) is 5.15. The van der Waals surface area contributed by atoms with Gasteiger partial charge in [0.15, 0.2) is 0 Å². The van der Waals surface area contributed by atoms with Crippen molar-refractivity contribution in [3.8, 4) is 0 Å². The van der Waals surface area contributed by atoms with Crippen LogP contribution in [0.4, 0.5) is 0 Å². The molecule has 0 rings (SSSR count). The van der Waals surface area contributed by atoms with Gasteiger partial charge in [0.1, 0.15) is 0 Å². The van der Waals surface area contributed by atoms with Crippen LogP contribution in [0.5, 0.6) is 0 Å². The standard InChI is InChI=1S/C5H11I/c1-4(2)5(3)6/h4-5H,1-3H3/t5-/m0/s1. The molecule has 0 heterocycles. The van der Waals surface area contributed by atoms with E-state index in [9.17, 15) is 0 Å². The molecule has 0 aromatic heterocycles. The molecule has 0 radical (unpaired) electrons. The zero-order valence-electron chi connectivity index (χ0n) is 4.53. The van der Waals surface area contributed by atoms with E-state index < -0.39 is 0 Å². The van der Waals surface area contributed by atoms with Crippen molar-refractivity contribution < 1.29 is 0 Å². The van der Waals surface area contributed by atoms with Crippen molar-refractivity contribution in [3.63, 3.8) is 0 Å². The molecular formula is C5H11I. The van der Waals surface area contributed by atoms with Crippen LogP contribution in [0.25, 0.3) is 0 Å². The average Bonchev–Trinajstić information content (AvgIpc) is 1.36. The summed E-state index contributed by atoms with van der Waals surface area (Å²) in [7, 11) is 0. The fraction of sp³-hybridized carbons (Fsp3) is 1.00. The molecule has 0 aliphatic rings.